The molecule has 180 valence electrons. The maximum absolute atomic E-state index is 11.4. The molecule has 0 amide bonds. The molecule has 1 aliphatic heterocycles. The smallest absolute Gasteiger partial charge is 0.347 e. The zero-order valence-corrected chi connectivity index (χ0v) is 20.5. The van der Waals surface area contributed by atoms with E-state index in [1.807, 2.05) is 26.0 Å². The molecule has 0 bridgehead atoms. The first kappa shape index (κ1) is 24.0. The van der Waals surface area contributed by atoms with Crippen LogP contribution in [0.15, 0.2) is 59.2 Å². The highest BCUT2D eigenvalue weighted by atomic mass is 16.5. The van der Waals surface area contributed by atoms with E-state index in [9.17, 15) is 9.90 Å². The zero-order chi connectivity index (χ0) is 24.3. The van der Waals surface area contributed by atoms with E-state index in [4.69, 9.17) is 9.15 Å². The van der Waals surface area contributed by atoms with Gasteiger partial charge in [-0.2, -0.15) is 0 Å². The average Bonchev–Trinajstić information content (AvgIpc) is 3.33. The minimum atomic E-state index is -1.26. The molecular weight excluding hydrogens is 428 g/mol. The molecule has 2 aromatic carbocycles. The molecule has 6 heteroatoms. The Hall–Kier alpha value is -3.09. The second-order valence-corrected chi connectivity index (χ2v) is 9.70. The van der Waals surface area contributed by atoms with Crippen molar-refractivity contribution < 1.29 is 19.1 Å². The Morgan fingerprint density at radius 2 is 1.50 bits per heavy atom. The Morgan fingerprint density at radius 1 is 0.941 bits per heavy atom. The van der Waals surface area contributed by atoms with Gasteiger partial charge in [0.25, 0.3) is 0 Å². The second kappa shape index (κ2) is 10.0. The summed E-state index contributed by atoms with van der Waals surface area (Å²) >= 11 is 0. The van der Waals surface area contributed by atoms with Crippen molar-refractivity contribution in [3.8, 4) is 17.1 Å². The van der Waals surface area contributed by atoms with Gasteiger partial charge in [0.15, 0.2) is 5.60 Å². The molecule has 0 atom stereocenters. The highest BCUT2D eigenvalue weighted by molar-refractivity contribution is 5.77. The van der Waals surface area contributed by atoms with Crippen molar-refractivity contribution in [3.63, 3.8) is 0 Å². The molecule has 34 heavy (non-hydrogen) atoms. The Balaban J connectivity index is 1.30. The van der Waals surface area contributed by atoms with Gasteiger partial charge < -0.3 is 14.3 Å². The lowest BCUT2D eigenvalue weighted by atomic mass is 10.0. The molecule has 6 nitrogen and oxygen atoms in total. The molecule has 4 rings (SSSR count). The SMILES string of the molecule is Cc1cc(CN2CCN(Cc3ccc(-c4ccco4)cc3)CC2)cc(C)c1OC(C)(C)C(=O)O. The lowest BCUT2D eigenvalue weighted by Gasteiger charge is -2.35. The number of carbonyl (C=O) groups is 1. The van der Waals surface area contributed by atoms with Gasteiger partial charge in [-0.05, 0) is 62.1 Å². The molecule has 0 spiro atoms. The fourth-order valence-electron chi connectivity index (χ4n) is 4.43. The van der Waals surface area contributed by atoms with Crippen molar-refractivity contribution in [2.45, 2.75) is 46.4 Å². The van der Waals surface area contributed by atoms with E-state index in [1.54, 1.807) is 20.1 Å². The van der Waals surface area contributed by atoms with Crippen LogP contribution in [0.5, 0.6) is 5.75 Å². The summed E-state index contributed by atoms with van der Waals surface area (Å²) in [6, 6.07) is 16.7. The topological polar surface area (TPSA) is 66.2 Å². The summed E-state index contributed by atoms with van der Waals surface area (Å²) in [7, 11) is 0. The number of nitrogens with zero attached hydrogens (tertiary/aromatic N) is 2. The first-order chi connectivity index (χ1) is 16.2. The van der Waals surface area contributed by atoms with E-state index in [1.165, 1.54) is 11.1 Å². The number of ether oxygens (including phenoxy) is 1. The highest BCUT2D eigenvalue weighted by Gasteiger charge is 2.30. The van der Waals surface area contributed by atoms with E-state index < -0.39 is 11.6 Å². The average molecular weight is 463 g/mol. The van der Waals surface area contributed by atoms with Crippen LogP contribution in [-0.2, 0) is 17.9 Å². The number of furan rings is 1. The van der Waals surface area contributed by atoms with Crippen LogP contribution < -0.4 is 4.74 Å². The van der Waals surface area contributed by atoms with Crippen molar-refractivity contribution in [1.82, 2.24) is 9.80 Å². The van der Waals surface area contributed by atoms with Gasteiger partial charge in [-0.1, -0.05) is 36.4 Å². The molecule has 1 aliphatic rings. The molecule has 1 fully saturated rings. The van der Waals surface area contributed by atoms with E-state index in [2.05, 4.69) is 46.2 Å². The molecule has 0 radical (unpaired) electrons. The first-order valence-electron chi connectivity index (χ1n) is 11.8. The summed E-state index contributed by atoms with van der Waals surface area (Å²) in [5, 5.41) is 9.38. The second-order valence-electron chi connectivity index (χ2n) is 9.70. The number of piperazine rings is 1. The quantitative estimate of drug-likeness (QED) is 0.501. The van der Waals surface area contributed by atoms with Crippen molar-refractivity contribution in [2.75, 3.05) is 26.2 Å². The number of hydrogen-bond donors (Lipinski definition) is 1. The molecule has 0 unspecified atom stereocenters. The normalized spacial score (nSPS) is 15.4. The molecule has 0 saturated carbocycles. The van der Waals surface area contributed by atoms with Crippen molar-refractivity contribution >= 4 is 5.97 Å². The van der Waals surface area contributed by atoms with Crippen LogP contribution in [0.4, 0.5) is 0 Å². The summed E-state index contributed by atoms with van der Waals surface area (Å²) in [6.07, 6.45) is 1.70. The summed E-state index contributed by atoms with van der Waals surface area (Å²) in [6.45, 7) is 13.1. The van der Waals surface area contributed by atoms with Crippen molar-refractivity contribution in [1.29, 1.82) is 0 Å². The van der Waals surface area contributed by atoms with E-state index >= 15 is 0 Å². The molecule has 1 N–H and O–H groups in total. The standard InChI is InChI=1S/C28H34N2O4/c1-20-16-23(17-21(2)26(20)34-28(3,4)27(31)32)19-30-13-11-29(12-14-30)18-22-7-9-24(10-8-22)25-6-5-15-33-25/h5-10,15-17H,11-14,18-19H2,1-4H3,(H,31,32). The fourth-order valence-corrected chi connectivity index (χ4v) is 4.43. The van der Waals surface area contributed by atoms with Crippen LogP contribution in [0, 0.1) is 13.8 Å². The predicted molar refractivity (Wildman–Crippen MR) is 133 cm³/mol. The van der Waals surface area contributed by atoms with Gasteiger partial charge in [-0.25, -0.2) is 4.79 Å². The molecular formula is C28H34N2O4. The lowest BCUT2D eigenvalue weighted by Crippen LogP contribution is -2.45. The largest absolute Gasteiger partial charge is 0.478 e. The zero-order valence-electron chi connectivity index (χ0n) is 20.5. The van der Waals surface area contributed by atoms with Gasteiger partial charge in [0, 0.05) is 44.8 Å². The van der Waals surface area contributed by atoms with Crippen molar-refractivity contribution in [2.24, 2.45) is 0 Å². The summed E-state index contributed by atoms with van der Waals surface area (Å²) in [5.41, 5.74) is 4.34. The van der Waals surface area contributed by atoms with E-state index in [-0.39, 0.29) is 0 Å². The third-order valence-corrected chi connectivity index (χ3v) is 6.43. The van der Waals surface area contributed by atoms with Crippen LogP contribution in [-0.4, -0.2) is 52.7 Å². The fraction of sp³-hybridized carbons (Fsp3) is 0.393. The number of rotatable bonds is 8. The van der Waals surface area contributed by atoms with Gasteiger partial charge in [0.05, 0.1) is 6.26 Å². The van der Waals surface area contributed by atoms with Crippen LogP contribution in [0.2, 0.25) is 0 Å². The Bertz CT molecular complexity index is 1090. The molecule has 1 saturated heterocycles. The van der Waals surface area contributed by atoms with Gasteiger partial charge >= 0.3 is 5.97 Å². The number of aryl methyl sites for hydroxylation is 2. The number of carboxylic acids is 1. The van der Waals surface area contributed by atoms with Gasteiger partial charge in [0.2, 0.25) is 0 Å². The Morgan fingerprint density at radius 3 is 2.00 bits per heavy atom. The third kappa shape index (κ3) is 5.69. The monoisotopic (exact) mass is 462 g/mol. The number of carboxylic acid groups (broad SMARTS) is 1. The predicted octanol–water partition coefficient (Wildman–Crippen LogP) is 5.12. The number of aliphatic carboxylic acids is 1. The molecule has 0 aliphatic carbocycles. The minimum absolute atomic E-state index is 0.666. The Kier molecular flexibility index (Phi) is 7.10. The van der Waals surface area contributed by atoms with Gasteiger partial charge in [0.1, 0.15) is 11.5 Å². The maximum atomic E-state index is 11.4. The summed E-state index contributed by atoms with van der Waals surface area (Å²) in [5.74, 6) is 0.594. The maximum Gasteiger partial charge on any atom is 0.347 e. The van der Waals surface area contributed by atoms with Gasteiger partial charge in [-0.15, -0.1) is 0 Å². The number of benzene rings is 2. The van der Waals surface area contributed by atoms with E-state index in [0.717, 1.165) is 61.7 Å². The molecule has 3 aromatic rings. The molecule has 2 heterocycles. The van der Waals surface area contributed by atoms with E-state index in [0.29, 0.717) is 5.75 Å². The lowest BCUT2D eigenvalue weighted by molar-refractivity contribution is -0.152. The first-order valence-corrected chi connectivity index (χ1v) is 11.8. The Labute approximate surface area is 201 Å². The summed E-state index contributed by atoms with van der Waals surface area (Å²) < 4.78 is 11.3. The van der Waals surface area contributed by atoms with Crippen LogP contribution in [0.3, 0.4) is 0 Å². The third-order valence-electron chi connectivity index (χ3n) is 6.43. The van der Waals surface area contributed by atoms with Crippen molar-refractivity contribution in [3.05, 3.63) is 77.0 Å². The van der Waals surface area contributed by atoms with Crippen LogP contribution >= 0.6 is 0 Å². The highest BCUT2D eigenvalue weighted by Crippen LogP contribution is 2.29. The minimum Gasteiger partial charge on any atom is -0.478 e. The molecule has 1 aromatic heterocycles. The van der Waals surface area contributed by atoms with Gasteiger partial charge in [-0.3, -0.25) is 9.80 Å². The van der Waals surface area contributed by atoms with Crippen LogP contribution in [0.25, 0.3) is 11.3 Å². The summed E-state index contributed by atoms with van der Waals surface area (Å²) in [4.78, 5) is 16.4. The number of hydrogen-bond acceptors (Lipinski definition) is 5. The van der Waals surface area contributed by atoms with Crippen LogP contribution in [0.1, 0.15) is 36.1 Å².